The smallest absolute Gasteiger partial charge is 0.312 e. The number of likely N-dealkylation sites (tertiary alicyclic amines) is 1. The van der Waals surface area contributed by atoms with Gasteiger partial charge in [0.15, 0.2) is 0 Å². The number of aliphatic hydroxyl groups excluding tert-OH is 1. The Labute approximate surface area is 274 Å². The van der Waals surface area contributed by atoms with Crippen LogP contribution in [-0.4, -0.2) is 103 Å². The number of benzene rings is 1. The molecular weight excluding hydrogens is 604 g/mol. The largest absolute Gasteiger partial charge is 0.460 e. The van der Waals surface area contributed by atoms with Crippen LogP contribution >= 0.6 is 0 Å². The van der Waals surface area contributed by atoms with Crippen molar-refractivity contribution in [3.05, 3.63) is 49.6 Å². The maximum absolute atomic E-state index is 14.8. The Morgan fingerprint density at radius 2 is 2.02 bits per heavy atom. The first-order chi connectivity index (χ1) is 22.6. The number of para-hydroxylation sites is 1. The summed E-state index contributed by atoms with van der Waals surface area (Å²) in [7, 11) is 0. The van der Waals surface area contributed by atoms with E-state index in [1.54, 1.807) is 28.7 Å². The van der Waals surface area contributed by atoms with Crippen LogP contribution in [0.4, 0.5) is 0 Å². The van der Waals surface area contributed by atoms with Crippen molar-refractivity contribution in [1.29, 1.82) is 0 Å². The molecule has 2 bridgehead atoms. The maximum Gasteiger partial charge on any atom is 0.312 e. The summed E-state index contributed by atoms with van der Waals surface area (Å²) in [5.41, 5.74) is 0.135. The molecule has 2 N–H and O–H groups in total. The fourth-order valence-electron chi connectivity index (χ4n) is 7.44. The number of nitrogens with one attached hydrogen (secondary N) is 1. The summed E-state index contributed by atoms with van der Waals surface area (Å²) in [6.45, 7) is 13.0. The molecular formula is C34H46N6O7. The Morgan fingerprint density at radius 1 is 1.26 bits per heavy atom. The van der Waals surface area contributed by atoms with Gasteiger partial charge in [0.1, 0.15) is 29.9 Å². The van der Waals surface area contributed by atoms with Crippen LogP contribution in [0.15, 0.2) is 49.6 Å². The highest BCUT2D eigenvalue weighted by Crippen LogP contribution is 2.59. The summed E-state index contributed by atoms with van der Waals surface area (Å²) < 4.78 is 14.0. The summed E-state index contributed by atoms with van der Waals surface area (Å²) in [6, 6.07) is 5.65. The first-order valence-corrected chi connectivity index (χ1v) is 16.5. The lowest BCUT2D eigenvalue weighted by atomic mass is 9.70. The molecule has 5 rings (SSSR count). The normalized spacial score (nSPS) is 26.5. The van der Waals surface area contributed by atoms with Crippen LogP contribution in [0.2, 0.25) is 0 Å². The van der Waals surface area contributed by atoms with E-state index in [1.807, 2.05) is 38.1 Å². The zero-order valence-corrected chi connectivity index (χ0v) is 27.4. The third-order valence-corrected chi connectivity index (χ3v) is 9.95. The van der Waals surface area contributed by atoms with Crippen molar-refractivity contribution in [3.63, 3.8) is 0 Å². The van der Waals surface area contributed by atoms with Crippen molar-refractivity contribution < 1.29 is 33.8 Å². The Bertz CT molecular complexity index is 1510. The number of amides is 3. The van der Waals surface area contributed by atoms with Crippen LogP contribution in [0.1, 0.15) is 52.9 Å². The van der Waals surface area contributed by atoms with Crippen LogP contribution in [0.3, 0.4) is 0 Å². The van der Waals surface area contributed by atoms with Gasteiger partial charge < -0.3 is 29.7 Å². The molecule has 1 aromatic heterocycles. The topological polar surface area (TPSA) is 156 Å². The van der Waals surface area contributed by atoms with Crippen molar-refractivity contribution in [2.75, 3.05) is 19.7 Å². The lowest BCUT2D eigenvalue weighted by molar-refractivity contribution is -0.160. The van der Waals surface area contributed by atoms with Crippen LogP contribution in [0.25, 0.3) is 11.0 Å². The Kier molecular flexibility index (Phi) is 10.5. The molecule has 0 aliphatic carbocycles. The molecule has 4 heterocycles. The van der Waals surface area contributed by atoms with E-state index >= 15 is 0 Å². The Hall–Kier alpha value is -4.10. The van der Waals surface area contributed by atoms with Crippen molar-refractivity contribution >= 4 is 34.7 Å². The van der Waals surface area contributed by atoms with Gasteiger partial charge in [-0.05, 0) is 44.2 Å². The summed E-state index contributed by atoms with van der Waals surface area (Å²) in [5, 5.41) is 21.9. The first kappa shape index (κ1) is 34.2. The van der Waals surface area contributed by atoms with Crippen molar-refractivity contribution in [2.45, 2.75) is 89.4 Å². The second-order valence-corrected chi connectivity index (χ2v) is 12.9. The van der Waals surface area contributed by atoms with E-state index in [0.717, 1.165) is 5.52 Å². The number of ether oxygens (including phenoxy) is 2. The van der Waals surface area contributed by atoms with E-state index in [-0.39, 0.29) is 50.5 Å². The molecule has 3 aliphatic heterocycles. The quantitative estimate of drug-likeness (QED) is 0.205. The molecule has 1 spiro atoms. The standard InChI is InChI=1S/C34H46N6O7/c1-6-9-14-27(42)35-18-22(5)46-33(45)28-26-15-16-34(47-26)29(28)31(43)40(25(19-41)21(4)8-3)30(34)32(44)38(17-7-2)20-39-24-13-11-10-12-23(24)36-37-39/h6-7,10-13,21-22,25-26,28-30,41H,1-2,8-9,14-20H2,3-5H3,(H,35,42)/t21-,22-,25-,26-,28+,29+,30-,34+/m0/s1. The maximum atomic E-state index is 14.8. The molecule has 8 atom stereocenters. The number of hydrogen-bond acceptors (Lipinski definition) is 9. The molecule has 2 aromatic rings. The third-order valence-electron chi connectivity index (χ3n) is 9.95. The van der Waals surface area contributed by atoms with E-state index < -0.39 is 53.6 Å². The predicted octanol–water partition coefficient (Wildman–Crippen LogP) is 2.20. The van der Waals surface area contributed by atoms with Gasteiger partial charge in [0.2, 0.25) is 17.7 Å². The molecule has 0 unspecified atom stereocenters. The fourth-order valence-corrected chi connectivity index (χ4v) is 7.44. The van der Waals surface area contributed by atoms with Crippen LogP contribution in [0.5, 0.6) is 0 Å². The highest BCUT2D eigenvalue weighted by Gasteiger charge is 2.75. The van der Waals surface area contributed by atoms with Gasteiger partial charge in [-0.15, -0.1) is 18.3 Å². The van der Waals surface area contributed by atoms with Gasteiger partial charge in [0.25, 0.3) is 0 Å². The molecule has 0 radical (unpaired) electrons. The van der Waals surface area contributed by atoms with Crippen LogP contribution < -0.4 is 5.32 Å². The zero-order valence-electron chi connectivity index (χ0n) is 27.4. The Morgan fingerprint density at radius 3 is 2.72 bits per heavy atom. The number of esters is 1. The fraction of sp³-hybridized carbons (Fsp3) is 0.588. The van der Waals surface area contributed by atoms with Crippen LogP contribution in [0, 0.1) is 17.8 Å². The Balaban J connectivity index is 1.45. The number of rotatable bonds is 16. The average Bonchev–Trinajstić information content (AvgIpc) is 3.82. The summed E-state index contributed by atoms with van der Waals surface area (Å²) in [4.78, 5) is 58.2. The van der Waals surface area contributed by atoms with Crippen molar-refractivity contribution in [2.24, 2.45) is 17.8 Å². The highest BCUT2D eigenvalue weighted by molar-refractivity contribution is 5.98. The molecule has 254 valence electrons. The molecule has 13 nitrogen and oxygen atoms in total. The van der Waals surface area contributed by atoms with Gasteiger partial charge in [0, 0.05) is 13.0 Å². The van der Waals surface area contributed by atoms with Gasteiger partial charge in [0.05, 0.1) is 42.6 Å². The van der Waals surface area contributed by atoms with Crippen LogP contribution in [-0.2, 0) is 35.3 Å². The van der Waals surface area contributed by atoms with Crippen molar-refractivity contribution in [3.8, 4) is 0 Å². The van der Waals surface area contributed by atoms with E-state index in [9.17, 15) is 24.3 Å². The minimum absolute atomic E-state index is 0.0443. The molecule has 3 saturated heterocycles. The highest BCUT2D eigenvalue weighted by atomic mass is 16.6. The molecule has 3 aliphatic rings. The first-order valence-electron chi connectivity index (χ1n) is 16.5. The van der Waals surface area contributed by atoms with E-state index in [1.165, 1.54) is 4.90 Å². The second-order valence-electron chi connectivity index (χ2n) is 12.9. The van der Waals surface area contributed by atoms with E-state index in [2.05, 4.69) is 28.8 Å². The summed E-state index contributed by atoms with van der Waals surface area (Å²) in [6.07, 6.45) is 4.34. The predicted molar refractivity (Wildman–Crippen MR) is 172 cm³/mol. The lowest BCUT2D eigenvalue weighted by Gasteiger charge is -2.40. The summed E-state index contributed by atoms with van der Waals surface area (Å²) >= 11 is 0. The van der Waals surface area contributed by atoms with Gasteiger partial charge in [-0.3, -0.25) is 19.2 Å². The lowest BCUT2D eigenvalue weighted by Crippen LogP contribution is -2.60. The third kappa shape index (κ3) is 6.30. The number of aromatic nitrogens is 3. The molecule has 3 fully saturated rings. The van der Waals surface area contributed by atoms with Crippen molar-refractivity contribution in [1.82, 2.24) is 30.1 Å². The molecule has 13 heteroatoms. The number of fused-ring (bicyclic) bond motifs is 2. The number of hydrogen-bond donors (Lipinski definition) is 2. The zero-order chi connectivity index (χ0) is 33.9. The van der Waals surface area contributed by atoms with Gasteiger partial charge in [-0.1, -0.05) is 49.8 Å². The molecule has 0 saturated carbocycles. The number of allylic oxidation sites excluding steroid dienone is 1. The van der Waals surface area contributed by atoms with Gasteiger partial charge in [-0.2, -0.15) is 0 Å². The molecule has 47 heavy (non-hydrogen) atoms. The van der Waals surface area contributed by atoms with Gasteiger partial charge in [-0.25, -0.2) is 4.68 Å². The number of carbonyl (C=O) groups excluding carboxylic acids is 4. The minimum atomic E-state index is -1.28. The molecule has 3 amide bonds. The molecule has 1 aromatic carbocycles. The van der Waals surface area contributed by atoms with E-state index in [4.69, 9.17) is 9.47 Å². The summed E-state index contributed by atoms with van der Waals surface area (Å²) in [5.74, 6) is -3.60. The van der Waals surface area contributed by atoms with E-state index in [0.29, 0.717) is 31.2 Å². The number of nitrogens with zero attached hydrogens (tertiary/aromatic N) is 5. The number of aliphatic hydroxyl groups is 1. The number of carbonyl (C=O) groups is 4. The monoisotopic (exact) mass is 650 g/mol. The minimum Gasteiger partial charge on any atom is -0.460 e. The average molecular weight is 651 g/mol. The van der Waals surface area contributed by atoms with Gasteiger partial charge >= 0.3 is 5.97 Å². The SMILES string of the molecule is C=CCCC(=O)NC[C@H](C)OC(=O)[C@@H]1[C@@H]2CC[C@]3(O2)[C@H](C(=O)N(CC=C)Cn2nnc4ccccc42)N([C@@H](CO)[C@@H](C)CC)C(=O)[C@@H]13. The second kappa shape index (κ2) is 14.3.